The summed E-state index contributed by atoms with van der Waals surface area (Å²) in [6.07, 6.45) is 0.623. The second-order valence-corrected chi connectivity index (χ2v) is 12.1. The predicted molar refractivity (Wildman–Crippen MR) is 153 cm³/mol. The van der Waals surface area contributed by atoms with E-state index in [0.717, 1.165) is 27.3 Å². The SMILES string of the molecule is Cc1ncsc1-c1ccc(CN(C)C(=O)[C@@H]2C[C@H](C)CN2C(=O)C(C(C)C)N2Cc3ccccc3C2=O)cc1. The molecule has 204 valence electrons. The summed E-state index contributed by atoms with van der Waals surface area (Å²) < 4.78 is 0. The maximum atomic E-state index is 14.0. The number of likely N-dealkylation sites (N-methyl/N-ethyl adjacent to an activating group) is 1. The van der Waals surface area contributed by atoms with Crippen molar-refractivity contribution in [2.24, 2.45) is 11.8 Å². The van der Waals surface area contributed by atoms with Crippen LogP contribution in [-0.4, -0.2) is 63.1 Å². The van der Waals surface area contributed by atoms with Gasteiger partial charge in [0.15, 0.2) is 0 Å². The van der Waals surface area contributed by atoms with Crippen molar-refractivity contribution in [1.29, 1.82) is 0 Å². The molecule has 0 aliphatic carbocycles. The first-order valence-electron chi connectivity index (χ1n) is 13.6. The van der Waals surface area contributed by atoms with Crippen LogP contribution in [0.2, 0.25) is 0 Å². The normalized spacial score (nSPS) is 19.5. The number of thiazole rings is 1. The van der Waals surface area contributed by atoms with Crippen molar-refractivity contribution in [1.82, 2.24) is 19.7 Å². The zero-order chi connectivity index (χ0) is 27.8. The van der Waals surface area contributed by atoms with Gasteiger partial charge in [-0.15, -0.1) is 11.3 Å². The minimum absolute atomic E-state index is 0.0615. The van der Waals surface area contributed by atoms with Crippen LogP contribution in [0, 0.1) is 18.8 Å². The summed E-state index contributed by atoms with van der Waals surface area (Å²) in [6.45, 7) is 9.42. The molecule has 1 aromatic heterocycles. The van der Waals surface area contributed by atoms with Crippen LogP contribution in [0.3, 0.4) is 0 Å². The minimum Gasteiger partial charge on any atom is -0.340 e. The van der Waals surface area contributed by atoms with E-state index in [4.69, 9.17) is 0 Å². The molecule has 1 saturated heterocycles. The molecular formula is C31H36N4O3S. The molecule has 2 aromatic carbocycles. The van der Waals surface area contributed by atoms with Crippen LogP contribution < -0.4 is 0 Å². The third-order valence-electron chi connectivity index (χ3n) is 7.91. The maximum Gasteiger partial charge on any atom is 0.255 e. The number of likely N-dealkylation sites (tertiary alicyclic amines) is 1. The van der Waals surface area contributed by atoms with Crippen molar-refractivity contribution >= 4 is 29.1 Å². The highest BCUT2D eigenvalue weighted by Crippen LogP contribution is 2.32. The molecule has 3 heterocycles. The Balaban J connectivity index is 1.30. The molecule has 0 N–H and O–H groups in total. The van der Waals surface area contributed by atoms with Gasteiger partial charge in [0.2, 0.25) is 11.8 Å². The Morgan fingerprint density at radius 1 is 1.13 bits per heavy atom. The molecule has 0 bridgehead atoms. The highest BCUT2D eigenvalue weighted by Gasteiger charge is 2.45. The van der Waals surface area contributed by atoms with Crippen LogP contribution in [0.15, 0.2) is 54.0 Å². The zero-order valence-corrected chi connectivity index (χ0v) is 24.1. The molecule has 0 saturated carbocycles. The standard InChI is InChI=1S/C31H36N4O3S/c1-19(2)27(35-17-24-8-6-7-9-25(24)29(35)36)31(38)34-15-20(3)14-26(34)30(37)33(5)16-22-10-12-23(13-11-22)28-21(4)32-18-39-28/h6-13,18-20,26-27H,14-17H2,1-5H3/t20-,26-,27?/m0/s1. The van der Waals surface area contributed by atoms with Gasteiger partial charge in [0, 0.05) is 32.2 Å². The van der Waals surface area contributed by atoms with Gasteiger partial charge in [-0.05, 0) is 47.9 Å². The second kappa shape index (κ2) is 10.9. The molecule has 3 amide bonds. The Kier molecular flexibility index (Phi) is 7.58. The van der Waals surface area contributed by atoms with Crippen molar-refractivity contribution in [3.05, 3.63) is 76.4 Å². The first kappa shape index (κ1) is 27.1. The Labute approximate surface area is 234 Å². The lowest BCUT2D eigenvalue weighted by molar-refractivity contribution is -0.147. The second-order valence-electron chi connectivity index (χ2n) is 11.3. The average molecular weight is 545 g/mol. The summed E-state index contributed by atoms with van der Waals surface area (Å²) in [6, 6.07) is 14.6. The molecule has 39 heavy (non-hydrogen) atoms. The maximum absolute atomic E-state index is 14.0. The van der Waals surface area contributed by atoms with Gasteiger partial charge in [-0.3, -0.25) is 14.4 Å². The van der Waals surface area contributed by atoms with Crippen molar-refractivity contribution in [3.8, 4) is 10.4 Å². The summed E-state index contributed by atoms with van der Waals surface area (Å²) in [4.78, 5) is 51.6. The van der Waals surface area contributed by atoms with Gasteiger partial charge in [0.05, 0.1) is 16.1 Å². The van der Waals surface area contributed by atoms with Crippen LogP contribution in [0.1, 0.15) is 54.4 Å². The minimum atomic E-state index is -0.612. The Morgan fingerprint density at radius 3 is 2.49 bits per heavy atom. The molecule has 2 aliphatic rings. The van der Waals surface area contributed by atoms with Gasteiger partial charge >= 0.3 is 0 Å². The average Bonchev–Trinajstić information content (AvgIpc) is 3.61. The molecule has 3 atom stereocenters. The molecule has 0 spiro atoms. The van der Waals surface area contributed by atoms with E-state index < -0.39 is 12.1 Å². The Hall–Kier alpha value is -3.52. The van der Waals surface area contributed by atoms with E-state index in [9.17, 15) is 14.4 Å². The van der Waals surface area contributed by atoms with E-state index in [2.05, 4.69) is 24.0 Å². The number of aryl methyl sites for hydroxylation is 1. The van der Waals surface area contributed by atoms with E-state index in [0.29, 0.717) is 31.6 Å². The van der Waals surface area contributed by atoms with Crippen LogP contribution >= 0.6 is 11.3 Å². The molecule has 7 nitrogen and oxygen atoms in total. The number of benzene rings is 2. The molecule has 2 aliphatic heterocycles. The number of hydrogen-bond acceptors (Lipinski definition) is 5. The Bertz CT molecular complexity index is 1380. The lowest BCUT2D eigenvalue weighted by atomic mass is 10.00. The van der Waals surface area contributed by atoms with Gasteiger partial charge in [-0.25, -0.2) is 4.98 Å². The zero-order valence-electron chi connectivity index (χ0n) is 23.3. The summed E-state index contributed by atoms with van der Waals surface area (Å²) in [7, 11) is 1.80. The number of aromatic nitrogens is 1. The van der Waals surface area contributed by atoms with E-state index in [1.807, 2.05) is 62.7 Å². The fourth-order valence-electron chi connectivity index (χ4n) is 5.92. The number of carbonyl (C=O) groups excluding carboxylic acids is 3. The van der Waals surface area contributed by atoms with Crippen molar-refractivity contribution in [2.45, 2.75) is 59.3 Å². The van der Waals surface area contributed by atoms with Crippen molar-refractivity contribution in [3.63, 3.8) is 0 Å². The molecule has 8 heteroatoms. The summed E-state index contributed by atoms with van der Waals surface area (Å²) in [5.41, 5.74) is 6.62. The van der Waals surface area contributed by atoms with Crippen LogP contribution in [0.4, 0.5) is 0 Å². The topological polar surface area (TPSA) is 73.8 Å². The van der Waals surface area contributed by atoms with Crippen molar-refractivity contribution in [2.75, 3.05) is 13.6 Å². The largest absolute Gasteiger partial charge is 0.340 e. The smallest absolute Gasteiger partial charge is 0.255 e. The number of nitrogens with zero attached hydrogens (tertiary/aromatic N) is 4. The first-order chi connectivity index (χ1) is 18.7. The molecule has 3 aromatic rings. The van der Waals surface area contributed by atoms with E-state index in [-0.39, 0.29) is 29.6 Å². The number of amides is 3. The van der Waals surface area contributed by atoms with E-state index >= 15 is 0 Å². The van der Waals surface area contributed by atoms with Crippen molar-refractivity contribution < 1.29 is 14.4 Å². The summed E-state index contributed by atoms with van der Waals surface area (Å²) in [5, 5.41) is 0. The van der Waals surface area contributed by atoms with Gasteiger partial charge in [-0.1, -0.05) is 63.2 Å². The first-order valence-corrected chi connectivity index (χ1v) is 14.5. The van der Waals surface area contributed by atoms with Gasteiger partial charge in [0.1, 0.15) is 12.1 Å². The third-order valence-corrected chi connectivity index (χ3v) is 8.88. The summed E-state index contributed by atoms with van der Waals surface area (Å²) >= 11 is 1.62. The highest BCUT2D eigenvalue weighted by atomic mass is 32.1. The van der Waals surface area contributed by atoms with Gasteiger partial charge in [-0.2, -0.15) is 0 Å². The van der Waals surface area contributed by atoms with E-state index in [1.165, 1.54) is 0 Å². The lowest BCUT2D eigenvalue weighted by Gasteiger charge is -2.36. The van der Waals surface area contributed by atoms with Crippen LogP contribution in [0.5, 0.6) is 0 Å². The fourth-order valence-corrected chi connectivity index (χ4v) is 6.73. The van der Waals surface area contributed by atoms with Gasteiger partial charge in [0.25, 0.3) is 5.91 Å². The monoisotopic (exact) mass is 544 g/mol. The quantitative estimate of drug-likeness (QED) is 0.420. The molecule has 5 rings (SSSR count). The van der Waals surface area contributed by atoms with Gasteiger partial charge < -0.3 is 14.7 Å². The highest BCUT2D eigenvalue weighted by molar-refractivity contribution is 7.13. The third kappa shape index (κ3) is 5.22. The fraction of sp³-hybridized carbons (Fsp3) is 0.419. The number of rotatable bonds is 7. The molecule has 1 unspecified atom stereocenters. The number of carbonyl (C=O) groups is 3. The Morgan fingerprint density at radius 2 is 1.85 bits per heavy atom. The van der Waals surface area contributed by atoms with Crippen LogP contribution in [-0.2, 0) is 22.7 Å². The number of fused-ring (bicyclic) bond motifs is 1. The molecular weight excluding hydrogens is 508 g/mol. The lowest BCUT2D eigenvalue weighted by Crippen LogP contribution is -2.55. The van der Waals surface area contributed by atoms with Crippen LogP contribution in [0.25, 0.3) is 10.4 Å². The van der Waals surface area contributed by atoms with E-state index in [1.54, 1.807) is 33.1 Å². The number of hydrogen-bond donors (Lipinski definition) is 0. The molecule has 1 fully saturated rings. The summed E-state index contributed by atoms with van der Waals surface area (Å²) in [5.74, 6) is -0.180. The predicted octanol–water partition coefficient (Wildman–Crippen LogP) is 4.99. The molecule has 0 radical (unpaired) electrons.